The van der Waals surface area contributed by atoms with Gasteiger partial charge in [-0.2, -0.15) is 18.3 Å². The second-order valence-corrected chi connectivity index (χ2v) is 6.78. The zero-order valence-corrected chi connectivity index (χ0v) is 16.7. The normalized spacial score (nSPS) is 16.5. The average molecular weight is 429 g/mol. The molecule has 0 saturated heterocycles. The van der Waals surface area contributed by atoms with Gasteiger partial charge < -0.3 is 14.6 Å². The summed E-state index contributed by atoms with van der Waals surface area (Å²) in [7, 11) is 1.75. The van der Waals surface area contributed by atoms with Crippen LogP contribution in [0, 0.1) is 0 Å². The Hall–Kier alpha value is -2.43. The fraction of sp³-hybridized carbons (Fsp3) is 0.500. The first-order valence-corrected chi connectivity index (χ1v) is 9.46. The van der Waals surface area contributed by atoms with E-state index >= 15 is 0 Å². The first kappa shape index (κ1) is 23.8. The summed E-state index contributed by atoms with van der Waals surface area (Å²) in [6.07, 6.45) is -2.20. The van der Waals surface area contributed by atoms with Gasteiger partial charge in [0.2, 0.25) is 0 Å². The van der Waals surface area contributed by atoms with E-state index in [9.17, 15) is 13.2 Å². The Bertz CT molecular complexity index is 768. The molecular weight excluding hydrogens is 403 g/mol. The molecule has 0 spiro atoms. The topological polar surface area (TPSA) is 76.8 Å². The van der Waals surface area contributed by atoms with Crippen LogP contribution in [0.25, 0.3) is 0 Å². The van der Waals surface area contributed by atoms with Crippen LogP contribution in [0.2, 0.25) is 0 Å². The molecule has 1 aliphatic heterocycles. The van der Waals surface area contributed by atoms with E-state index in [1.165, 1.54) is 11.3 Å². The lowest BCUT2D eigenvalue weighted by Gasteiger charge is -2.33. The van der Waals surface area contributed by atoms with E-state index in [4.69, 9.17) is 19.4 Å². The molecule has 1 aromatic heterocycles. The highest BCUT2D eigenvalue weighted by molar-refractivity contribution is 5.73. The summed E-state index contributed by atoms with van der Waals surface area (Å²) in [4.78, 5) is 11.3. The van der Waals surface area contributed by atoms with Crippen molar-refractivity contribution < 1.29 is 32.5 Å². The third-order valence-electron chi connectivity index (χ3n) is 4.51. The summed E-state index contributed by atoms with van der Waals surface area (Å²) >= 11 is 0. The van der Waals surface area contributed by atoms with E-state index < -0.39 is 12.1 Å². The molecule has 1 aliphatic rings. The Morgan fingerprint density at radius 3 is 2.57 bits per heavy atom. The van der Waals surface area contributed by atoms with Crippen molar-refractivity contribution in [1.29, 1.82) is 0 Å². The second-order valence-electron chi connectivity index (χ2n) is 6.78. The van der Waals surface area contributed by atoms with Crippen molar-refractivity contribution in [1.82, 2.24) is 14.7 Å². The number of nitrogens with zero attached hydrogens (tertiary/aromatic N) is 3. The van der Waals surface area contributed by atoms with E-state index in [0.717, 1.165) is 39.3 Å². The molecule has 2 aromatic rings. The Morgan fingerprint density at radius 2 is 1.93 bits per heavy atom. The fourth-order valence-electron chi connectivity index (χ4n) is 3.06. The molecule has 0 bridgehead atoms. The lowest BCUT2D eigenvalue weighted by atomic mass is 10.1. The number of carbonyl (C=O) groups is 1. The number of aliphatic carboxylic acids is 1. The number of rotatable bonds is 8. The number of ether oxygens (including phenoxy) is 2. The number of hydrogen-bond donors (Lipinski definition) is 1. The first-order valence-electron chi connectivity index (χ1n) is 9.46. The lowest BCUT2D eigenvalue weighted by Crippen LogP contribution is -2.39. The minimum atomic E-state index is -5.08. The molecule has 0 fully saturated rings. The predicted octanol–water partition coefficient (Wildman–Crippen LogP) is 3.13. The Labute approximate surface area is 173 Å². The minimum absolute atomic E-state index is 0.392. The number of fused-ring (bicyclic) bond motifs is 1. The molecule has 2 heterocycles. The van der Waals surface area contributed by atoms with Crippen molar-refractivity contribution >= 4 is 5.97 Å². The number of methoxy groups -OCH3 is 1. The van der Waals surface area contributed by atoms with Gasteiger partial charge in [-0.25, -0.2) is 4.79 Å². The molecule has 1 atom stereocenters. The molecule has 1 aromatic carbocycles. The molecule has 0 amide bonds. The summed E-state index contributed by atoms with van der Waals surface area (Å²) < 4.78 is 44.9. The molecule has 0 radical (unpaired) electrons. The highest BCUT2D eigenvalue weighted by Gasteiger charge is 2.38. The largest absolute Gasteiger partial charge is 0.490 e. The predicted molar refractivity (Wildman–Crippen MR) is 103 cm³/mol. The van der Waals surface area contributed by atoms with Crippen molar-refractivity contribution in [3.63, 3.8) is 0 Å². The number of halogens is 3. The van der Waals surface area contributed by atoms with Gasteiger partial charge in [-0.15, -0.1) is 0 Å². The third-order valence-corrected chi connectivity index (χ3v) is 4.51. The summed E-state index contributed by atoms with van der Waals surface area (Å²) in [5.74, 6) is -2.76. The molecule has 10 heteroatoms. The van der Waals surface area contributed by atoms with Gasteiger partial charge in [0, 0.05) is 39.5 Å². The number of carboxylic acid groups (broad SMARTS) is 1. The van der Waals surface area contributed by atoms with Gasteiger partial charge in [-0.3, -0.25) is 9.58 Å². The van der Waals surface area contributed by atoms with Gasteiger partial charge in [0.15, 0.2) is 0 Å². The molecule has 30 heavy (non-hydrogen) atoms. The molecule has 7 nitrogen and oxygen atoms in total. The smallest absolute Gasteiger partial charge is 0.475 e. The van der Waals surface area contributed by atoms with Crippen molar-refractivity contribution in [2.75, 3.05) is 33.4 Å². The van der Waals surface area contributed by atoms with Crippen molar-refractivity contribution in [2.45, 2.75) is 31.8 Å². The van der Waals surface area contributed by atoms with Crippen molar-refractivity contribution in [3.05, 3.63) is 53.9 Å². The molecular formula is C20H26F3N3O4. The summed E-state index contributed by atoms with van der Waals surface area (Å²) in [5.41, 5.74) is 2.50. The van der Waals surface area contributed by atoms with E-state index in [2.05, 4.69) is 32.9 Å². The zero-order chi connectivity index (χ0) is 22.0. The molecule has 3 rings (SSSR count). The fourth-order valence-corrected chi connectivity index (χ4v) is 3.06. The summed E-state index contributed by atoms with van der Waals surface area (Å²) in [6, 6.07) is 12.8. The SMILES string of the molecule is COCCC1CN(CCOCc2ccccc2)Cc2ccnn21.O=C(O)C(F)(F)F. The van der Waals surface area contributed by atoms with Crippen LogP contribution >= 0.6 is 0 Å². The first-order chi connectivity index (χ1) is 14.3. The zero-order valence-electron chi connectivity index (χ0n) is 16.7. The monoisotopic (exact) mass is 429 g/mol. The van der Waals surface area contributed by atoms with Gasteiger partial charge in [0.1, 0.15) is 0 Å². The second kappa shape index (κ2) is 11.7. The summed E-state index contributed by atoms with van der Waals surface area (Å²) in [5, 5.41) is 11.6. The van der Waals surface area contributed by atoms with Crippen LogP contribution in [0.3, 0.4) is 0 Å². The number of benzene rings is 1. The van der Waals surface area contributed by atoms with Crippen LogP contribution in [-0.4, -0.2) is 65.3 Å². The van der Waals surface area contributed by atoms with Crippen LogP contribution in [0.4, 0.5) is 13.2 Å². The van der Waals surface area contributed by atoms with Crippen LogP contribution in [-0.2, 0) is 27.4 Å². The Kier molecular flexibility index (Phi) is 9.28. The van der Waals surface area contributed by atoms with Crippen molar-refractivity contribution in [2.24, 2.45) is 0 Å². The van der Waals surface area contributed by atoms with Crippen LogP contribution < -0.4 is 0 Å². The van der Waals surface area contributed by atoms with Crippen LogP contribution in [0.1, 0.15) is 23.7 Å². The van der Waals surface area contributed by atoms with E-state index in [1.54, 1.807) is 7.11 Å². The maximum atomic E-state index is 10.6. The average Bonchev–Trinajstić information content (AvgIpc) is 3.19. The van der Waals surface area contributed by atoms with E-state index in [1.807, 2.05) is 24.4 Å². The molecule has 1 N–H and O–H groups in total. The quantitative estimate of drug-likeness (QED) is 0.650. The number of carboxylic acids is 1. The number of alkyl halides is 3. The van der Waals surface area contributed by atoms with Gasteiger partial charge in [0.05, 0.1) is 24.9 Å². The molecule has 0 saturated carbocycles. The van der Waals surface area contributed by atoms with Crippen LogP contribution in [0.15, 0.2) is 42.6 Å². The highest BCUT2D eigenvalue weighted by Crippen LogP contribution is 2.22. The highest BCUT2D eigenvalue weighted by atomic mass is 19.4. The van der Waals surface area contributed by atoms with Gasteiger partial charge in [0.25, 0.3) is 0 Å². The standard InChI is InChI=1S/C18H25N3O2.C2HF3O2/c1-22-11-8-18-14-20(13-17-7-9-19-21(17)18)10-12-23-15-16-5-3-2-4-6-16;3-2(4,5)1(6)7/h2-7,9,18H,8,10-15H2,1H3;(H,6,7). The Balaban J connectivity index is 0.000000396. The van der Waals surface area contributed by atoms with Gasteiger partial charge in [-0.1, -0.05) is 30.3 Å². The molecule has 0 aliphatic carbocycles. The summed E-state index contributed by atoms with van der Waals surface area (Å²) in [6.45, 7) is 5.09. The minimum Gasteiger partial charge on any atom is -0.475 e. The van der Waals surface area contributed by atoms with E-state index in [0.29, 0.717) is 12.6 Å². The van der Waals surface area contributed by atoms with Gasteiger partial charge >= 0.3 is 12.1 Å². The number of aromatic nitrogens is 2. The molecule has 166 valence electrons. The van der Waals surface area contributed by atoms with Gasteiger partial charge in [-0.05, 0) is 18.1 Å². The third kappa shape index (κ3) is 7.77. The van der Waals surface area contributed by atoms with Crippen LogP contribution in [0.5, 0.6) is 0 Å². The number of hydrogen-bond acceptors (Lipinski definition) is 5. The Morgan fingerprint density at radius 1 is 1.23 bits per heavy atom. The maximum absolute atomic E-state index is 10.6. The maximum Gasteiger partial charge on any atom is 0.490 e. The van der Waals surface area contributed by atoms with E-state index in [-0.39, 0.29) is 0 Å². The van der Waals surface area contributed by atoms with Crippen molar-refractivity contribution in [3.8, 4) is 0 Å². The molecule has 1 unspecified atom stereocenters. The lowest BCUT2D eigenvalue weighted by molar-refractivity contribution is -0.192.